The molecule has 2 aliphatic heterocycles. The highest BCUT2D eigenvalue weighted by atomic mass is 16.1. The molecule has 1 aliphatic carbocycles. The molecule has 4 rings (SSSR count). The van der Waals surface area contributed by atoms with E-state index in [-0.39, 0.29) is 5.78 Å². The van der Waals surface area contributed by atoms with Crippen molar-refractivity contribution >= 4 is 11.5 Å². The molecule has 1 aromatic rings. The Kier molecular flexibility index (Phi) is 2.49. The van der Waals surface area contributed by atoms with Crippen LogP contribution in [0.25, 0.3) is 5.70 Å². The molecule has 0 amide bonds. The zero-order chi connectivity index (χ0) is 13.5. The minimum absolute atomic E-state index is 0.247. The molecule has 0 atom stereocenters. The number of hydrogen-bond donors (Lipinski definition) is 1. The Labute approximate surface area is 117 Å². The molecule has 100 valence electrons. The van der Waals surface area contributed by atoms with E-state index in [1.54, 1.807) is 6.20 Å². The molecule has 0 radical (unpaired) electrons. The largest absolute Gasteiger partial charge is 0.367 e. The van der Waals surface area contributed by atoms with Gasteiger partial charge in [0.25, 0.3) is 0 Å². The number of pyridine rings is 1. The molecule has 4 heteroatoms. The smallest absolute Gasteiger partial charge is 0.183 e. The lowest BCUT2D eigenvalue weighted by molar-refractivity contribution is -0.114. The van der Waals surface area contributed by atoms with Crippen LogP contribution in [0.1, 0.15) is 18.4 Å². The summed E-state index contributed by atoms with van der Waals surface area (Å²) >= 11 is 0. The first-order chi connectivity index (χ1) is 9.83. The molecule has 1 saturated heterocycles. The van der Waals surface area contributed by atoms with E-state index in [9.17, 15) is 4.79 Å². The number of nitrogens with zero attached hydrogens (tertiary/aromatic N) is 2. The third kappa shape index (κ3) is 1.68. The van der Waals surface area contributed by atoms with Crippen molar-refractivity contribution in [3.63, 3.8) is 0 Å². The number of allylic oxidation sites excluding steroid dienone is 4. The van der Waals surface area contributed by atoms with Gasteiger partial charge < -0.3 is 10.2 Å². The average Bonchev–Trinajstić information content (AvgIpc) is 2.70. The number of rotatable bonds is 1. The quantitative estimate of drug-likeness (QED) is 0.841. The van der Waals surface area contributed by atoms with Crippen molar-refractivity contribution in [2.75, 3.05) is 13.2 Å². The molecular weight excluding hydrogens is 250 g/mol. The minimum Gasteiger partial charge on any atom is -0.367 e. The van der Waals surface area contributed by atoms with Crippen LogP contribution in [0.2, 0.25) is 0 Å². The molecule has 1 N–H and O–H groups in total. The number of nitrogens with one attached hydrogen (secondary N) is 1. The zero-order valence-electron chi connectivity index (χ0n) is 11.1. The first-order valence-corrected chi connectivity index (χ1v) is 6.91. The van der Waals surface area contributed by atoms with Gasteiger partial charge in [0, 0.05) is 29.2 Å². The van der Waals surface area contributed by atoms with Gasteiger partial charge in [-0.05, 0) is 36.6 Å². The van der Waals surface area contributed by atoms with Crippen LogP contribution >= 0.6 is 0 Å². The predicted molar refractivity (Wildman–Crippen MR) is 76.3 cm³/mol. The van der Waals surface area contributed by atoms with Gasteiger partial charge in [-0.25, -0.2) is 0 Å². The van der Waals surface area contributed by atoms with Gasteiger partial charge in [-0.1, -0.05) is 6.08 Å². The van der Waals surface area contributed by atoms with Crippen molar-refractivity contribution in [1.82, 2.24) is 15.2 Å². The van der Waals surface area contributed by atoms with E-state index in [1.165, 1.54) is 5.57 Å². The van der Waals surface area contributed by atoms with Crippen molar-refractivity contribution in [1.29, 1.82) is 0 Å². The fraction of sp³-hybridized carbons (Fsp3) is 0.250. The molecule has 3 heterocycles. The molecule has 0 bridgehead atoms. The highest BCUT2D eigenvalue weighted by Gasteiger charge is 2.34. The van der Waals surface area contributed by atoms with Crippen LogP contribution in [0.3, 0.4) is 0 Å². The number of ketones is 1. The van der Waals surface area contributed by atoms with Crippen LogP contribution in [0.5, 0.6) is 0 Å². The first kappa shape index (κ1) is 11.5. The van der Waals surface area contributed by atoms with Crippen LogP contribution < -0.4 is 5.32 Å². The second-order valence-electron chi connectivity index (χ2n) is 5.29. The van der Waals surface area contributed by atoms with Gasteiger partial charge in [-0.15, -0.1) is 0 Å². The number of carbonyl (C=O) groups excluding carboxylic acids is 1. The van der Waals surface area contributed by atoms with Crippen molar-refractivity contribution < 1.29 is 4.79 Å². The van der Waals surface area contributed by atoms with Crippen LogP contribution in [-0.2, 0) is 4.79 Å². The van der Waals surface area contributed by atoms with Gasteiger partial charge in [0.05, 0.1) is 18.9 Å². The Morgan fingerprint density at radius 1 is 1.35 bits per heavy atom. The number of Topliss-reactive ketones (excluding diaryl/α,β-unsaturated/α-hetero) is 1. The molecular formula is C16H15N3O. The Hall–Kier alpha value is -2.36. The maximum atomic E-state index is 12.0. The van der Waals surface area contributed by atoms with E-state index in [0.29, 0.717) is 13.2 Å². The Morgan fingerprint density at radius 2 is 2.30 bits per heavy atom. The number of hydrogen-bond acceptors (Lipinski definition) is 4. The molecule has 4 nitrogen and oxygen atoms in total. The topological polar surface area (TPSA) is 45.2 Å². The number of aromatic nitrogens is 1. The van der Waals surface area contributed by atoms with Gasteiger partial charge in [0.2, 0.25) is 0 Å². The Morgan fingerprint density at radius 3 is 3.15 bits per heavy atom. The summed E-state index contributed by atoms with van der Waals surface area (Å²) in [5.74, 6) is 0.247. The summed E-state index contributed by atoms with van der Waals surface area (Å²) in [7, 11) is 0. The summed E-state index contributed by atoms with van der Waals surface area (Å²) in [6.07, 6.45) is 9.85. The SMILES string of the molecule is O=C1CN2CNC(c3cccnc3)=CC3=C2C1=CCC3. The lowest BCUT2D eigenvalue weighted by Gasteiger charge is -2.21. The minimum atomic E-state index is 0.247. The fourth-order valence-corrected chi connectivity index (χ4v) is 3.11. The normalized spacial score (nSPS) is 21.0. The van der Waals surface area contributed by atoms with Crippen LogP contribution in [-0.4, -0.2) is 28.9 Å². The summed E-state index contributed by atoms with van der Waals surface area (Å²) < 4.78 is 0. The Bertz CT molecular complexity index is 670. The van der Waals surface area contributed by atoms with Gasteiger partial charge in [0.15, 0.2) is 5.78 Å². The maximum absolute atomic E-state index is 12.0. The van der Waals surface area contributed by atoms with Gasteiger partial charge in [0.1, 0.15) is 0 Å². The monoisotopic (exact) mass is 265 g/mol. The third-order valence-corrected chi connectivity index (χ3v) is 4.02. The summed E-state index contributed by atoms with van der Waals surface area (Å²) in [6.45, 7) is 1.16. The molecule has 0 spiro atoms. The molecule has 3 aliphatic rings. The molecule has 0 unspecified atom stereocenters. The fourth-order valence-electron chi connectivity index (χ4n) is 3.11. The van der Waals surface area contributed by atoms with Crippen molar-refractivity contribution in [3.05, 3.63) is 59.1 Å². The summed E-state index contributed by atoms with van der Waals surface area (Å²) in [4.78, 5) is 18.3. The van der Waals surface area contributed by atoms with Gasteiger partial charge in [-0.2, -0.15) is 0 Å². The Balaban J connectivity index is 1.81. The highest BCUT2D eigenvalue weighted by molar-refractivity contribution is 6.04. The lowest BCUT2D eigenvalue weighted by atomic mass is 9.94. The van der Waals surface area contributed by atoms with E-state index in [1.807, 2.05) is 12.3 Å². The summed E-state index contributed by atoms with van der Waals surface area (Å²) in [5.41, 5.74) is 5.48. The summed E-state index contributed by atoms with van der Waals surface area (Å²) in [6, 6.07) is 4.00. The molecule has 1 fully saturated rings. The lowest BCUT2D eigenvalue weighted by Crippen LogP contribution is -2.30. The predicted octanol–water partition coefficient (Wildman–Crippen LogP) is 1.84. The van der Waals surface area contributed by atoms with E-state index in [0.717, 1.165) is 35.4 Å². The van der Waals surface area contributed by atoms with E-state index in [4.69, 9.17) is 0 Å². The molecule has 1 aromatic heterocycles. The molecule has 0 aromatic carbocycles. The average molecular weight is 265 g/mol. The molecule has 20 heavy (non-hydrogen) atoms. The highest BCUT2D eigenvalue weighted by Crippen LogP contribution is 2.36. The zero-order valence-corrected chi connectivity index (χ0v) is 11.1. The van der Waals surface area contributed by atoms with Crippen molar-refractivity contribution in [2.45, 2.75) is 12.8 Å². The van der Waals surface area contributed by atoms with Crippen LogP contribution in [0.15, 0.2) is 53.5 Å². The van der Waals surface area contributed by atoms with E-state index >= 15 is 0 Å². The van der Waals surface area contributed by atoms with Crippen LogP contribution in [0, 0.1) is 0 Å². The number of carbonyl (C=O) groups is 1. The van der Waals surface area contributed by atoms with Gasteiger partial charge >= 0.3 is 0 Å². The van der Waals surface area contributed by atoms with Crippen LogP contribution in [0.4, 0.5) is 0 Å². The maximum Gasteiger partial charge on any atom is 0.183 e. The second kappa shape index (κ2) is 4.34. The first-order valence-electron chi connectivity index (χ1n) is 6.91. The van der Waals surface area contributed by atoms with Crippen molar-refractivity contribution in [2.24, 2.45) is 0 Å². The van der Waals surface area contributed by atoms with E-state index in [2.05, 4.69) is 33.4 Å². The third-order valence-electron chi connectivity index (χ3n) is 4.02. The second-order valence-corrected chi connectivity index (χ2v) is 5.29. The molecule has 0 saturated carbocycles. The van der Waals surface area contributed by atoms with E-state index < -0.39 is 0 Å². The summed E-state index contributed by atoms with van der Waals surface area (Å²) in [5, 5.41) is 3.43. The standard InChI is InChI=1S/C16H15N3O/c20-15-9-19-10-18-14(12-4-2-6-17-8-12)7-11-3-1-5-13(15)16(11)19/h2,4-8,18H,1,3,9-10H2. The van der Waals surface area contributed by atoms with Gasteiger partial charge in [-0.3, -0.25) is 9.78 Å². The van der Waals surface area contributed by atoms with Crippen molar-refractivity contribution in [3.8, 4) is 0 Å².